The highest BCUT2D eigenvalue weighted by molar-refractivity contribution is 6.06. The molecule has 0 aromatic rings. The van der Waals surface area contributed by atoms with Crippen LogP contribution in [0.15, 0.2) is 0 Å². The topological polar surface area (TPSA) is 91.7 Å². The molecule has 0 saturated carbocycles. The second-order valence-electron chi connectivity index (χ2n) is 1.29. The molecule has 0 aliphatic carbocycles. The predicted octanol–water partition coefficient (Wildman–Crippen LogP) is -1.03. The summed E-state index contributed by atoms with van der Waals surface area (Å²) in [5, 5.41) is 15.9. The maximum Gasteiger partial charge on any atom is 0.325 e. The molecule has 0 aliphatic heterocycles. The van der Waals surface area contributed by atoms with Crippen LogP contribution in [0.1, 0.15) is 0 Å². The lowest BCUT2D eigenvalue weighted by atomic mass is 10.2. The molecule has 50 valence electrons. The van der Waals surface area contributed by atoms with Crippen LogP contribution in [0.2, 0.25) is 0 Å². The summed E-state index contributed by atoms with van der Waals surface area (Å²) in [7, 11) is 0. The molecule has 0 aromatic heterocycles. The largest absolute Gasteiger partial charge is 0.480 e. The molecule has 0 saturated heterocycles. The molecule has 0 atom stereocenters. The van der Waals surface area contributed by atoms with Crippen LogP contribution < -0.4 is 0 Å². The van der Waals surface area contributed by atoms with Crippen LogP contribution in [0.4, 0.5) is 0 Å². The van der Waals surface area contributed by atoms with Crippen LogP contribution in [0.5, 0.6) is 0 Å². The molecule has 0 spiro atoms. The van der Waals surface area contributed by atoms with Crippen LogP contribution in [-0.4, -0.2) is 28.4 Å². The van der Waals surface area contributed by atoms with Gasteiger partial charge in [0.2, 0.25) is 5.92 Å². The average Bonchev–Trinajstić information content (AvgIpc) is 1.64. The number of carboxylic acid groups (broad SMARTS) is 2. The molecule has 0 fully saturated rings. The third-order valence-electron chi connectivity index (χ3n) is 0.668. The third-order valence-corrected chi connectivity index (χ3v) is 0.668. The first-order chi connectivity index (χ1) is 4.09. The number of aliphatic carboxylic acids is 2. The Bertz CT molecular complexity index is 135. The van der Waals surface area contributed by atoms with E-state index in [0.717, 1.165) is 0 Å². The van der Waals surface area contributed by atoms with Gasteiger partial charge in [-0.1, -0.05) is 0 Å². The fraction of sp³-hybridized carbons (Fsp3) is 0.250. The second kappa shape index (κ2) is 2.81. The number of rotatable bonds is 3. The Balaban J connectivity index is 4.16. The summed E-state index contributed by atoms with van der Waals surface area (Å²) >= 11 is 0. The van der Waals surface area contributed by atoms with Gasteiger partial charge in [0.05, 0.1) is 0 Å². The zero-order valence-electron chi connectivity index (χ0n) is 4.27. The van der Waals surface area contributed by atoms with Crippen molar-refractivity contribution in [1.82, 2.24) is 0 Å². The Labute approximate surface area is 49.9 Å². The fourth-order valence-corrected chi connectivity index (χ4v) is 0.222. The van der Waals surface area contributed by atoms with E-state index in [1.54, 1.807) is 0 Å². The summed E-state index contributed by atoms with van der Waals surface area (Å²) in [4.78, 5) is 29.1. The van der Waals surface area contributed by atoms with Gasteiger partial charge in [-0.05, 0) is 0 Å². The van der Waals surface area contributed by atoms with Gasteiger partial charge < -0.3 is 15.0 Å². The molecule has 0 bridgehead atoms. The summed E-state index contributed by atoms with van der Waals surface area (Å²) in [5.74, 6) is -5.21. The van der Waals surface area contributed by atoms with Crippen LogP contribution >= 0.6 is 0 Å². The van der Waals surface area contributed by atoms with Crippen molar-refractivity contribution >= 4 is 18.2 Å². The van der Waals surface area contributed by atoms with E-state index in [9.17, 15) is 14.4 Å². The van der Waals surface area contributed by atoms with E-state index in [1.807, 2.05) is 0 Å². The first kappa shape index (κ1) is 7.61. The zero-order chi connectivity index (χ0) is 7.44. The maximum atomic E-state index is 9.76. The van der Waals surface area contributed by atoms with Crippen LogP contribution in [0, 0.1) is 5.92 Å². The molecule has 2 N–H and O–H groups in total. The van der Waals surface area contributed by atoms with E-state index in [4.69, 9.17) is 10.2 Å². The molecule has 0 aromatic carbocycles. The number of carbonyl (C=O) groups is 3. The van der Waals surface area contributed by atoms with E-state index in [2.05, 4.69) is 0 Å². The summed E-state index contributed by atoms with van der Waals surface area (Å²) in [5.41, 5.74) is 0. The number of hydrogen-bond donors (Lipinski definition) is 2. The Kier molecular flexibility index (Phi) is 2.37. The average molecular weight is 132 g/mol. The molecular weight excluding hydrogens is 128 g/mol. The SMILES string of the molecule is O=CC(C(=O)O)C(=O)O. The van der Waals surface area contributed by atoms with E-state index in [0.29, 0.717) is 0 Å². The van der Waals surface area contributed by atoms with Crippen LogP contribution in [0.3, 0.4) is 0 Å². The van der Waals surface area contributed by atoms with Gasteiger partial charge in [-0.3, -0.25) is 9.59 Å². The summed E-state index contributed by atoms with van der Waals surface area (Å²) in [6.45, 7) is 0. The summed E-state index contributed by atoms with van der Waals surface area (Å²) in [6.07, 6.45) is -0.134. The monoisotopic (exact) mass is 132 g/mol. The standard InChI is InChI=1S/C4H4O5/c5-1-2(3(6)7)4(8)9/h1-2H,(H,6,7)(H,8,9). The number of aldehydes is 1. The Morgan fingerprint density at radius 3 is 1.56 bits per heavy atom. The molecule has 5 heteroatoms. The molecule has 0 unspecified atom stereocenters. The number of hydrogen-bond acceptors (Lipinski definition) is 3. The molecule has 5 nitrogen and oxygen atoms in total. The van der Waals surface area contributed by atoms with Crippen molar-refractivity contribution in [3.05, 3.63) is 0 Å². The highest BCUT2D eigenvalue weighted by Gasteiger charge is 2.24. The van der Waals surface area contributed by atoms with Crippen LogP contribution in [0.25, 0.3) is 0 Å². The van der Waals surface area contributed by atoms with Crippen molar-refractivity contribution in [1.29, 1.82) is 0 Å². The van der Waals surface area contributed by atoms with Crippen molar-refractivity contribution in [2.75, 3.05) is 0 Å². The third kappa shape index (κ3) is 1.89. The molecule has 0 radical (unpaired) electrons. The van der Waals surface area contributed by atoms with Gasteiger partial charge in [0.15, 0.2) is 0 Å². The Morgan fingerprint density at radius 1 is 1.22 bits per heavy atom. The molecular formula is C4H4O5. The first-order valence-corrected chi connectivity index (χ1v) is 2.00. The molecule has 0 heterocycles. The lowest BCUT2D eigenvalue weighted by Gasteiger charge is -1.93. The van der Waals surface area contributed by atoms with E-state index in [1.165, 1.54) is 0 Å². The van der Waals surface area contributed by atoms with Crippen molar-refractivity contribution < 1.29 is 24.6 Å². The lowest BCUT2D eigenvalue weighted by molar-refractivity contribution is -0.155. The van der Waals surface area contributed by atoms with E-state index >= 15 is 0 Å². The predicted molar refractivity (Wildman–Crippen MR) is 24.8 cm³/mol. The highest BCUT2D eigenvalue weighted by atomic mass is 16.4. The van der Waals surface area contributed by atoms with Gasteiger partial charge in [0.1, 0.15) is 6.29 Å². The minimum Gasteiger partial charge on any atom is -0.480 e. The van der Waals surface area contributed by atoms with Crippen molar-refractivity contribution in [3.63, 3.8) is 0 Å². The summed E-state index contributed by atoms with van der Waals surface area (Å²) in [6, 6.07) is 0. The van der Waals surface area contributed by atoms with Gasteiger partial charge in [-0.25, -0.2) is 0 Å². The number of carbonyl (C=O) groups excluding carboxylic acids is 1. The minimum atomic E-state index is -1.93. The zero-order valence-corrected chi connectivity index (χ0v) is 4.27. The lowest BCUT2D eigenvalue weighted by Crippen LogP contribution is -2.24. The Hall–Kier alpha value is -1.39. The fourth-order valence-electron chi connectivity index (χ4n) is 0.222. The Morgan fingerprint density at radius 2 is 1.56 bits per heavy atom. The van der Waals surface area contributed by atoms with Gasteiger partial charge >= 0.3 is 11.9 Å². The van der Waals surface area contributed by atoms with Gasteiger partial charge in [-0.2, -0.15) is 0 Å². The molecule has 0 aliphatic rings. The molecule has 9 heavy (non-hydrogen) atoms. The second-order valence-corrected chi connectivity index (χ2v) is 1.29. The van der Waals surface area contributed by atoms with Gasteiger partial charge in [0, 0.05) is 0 Å². The smallest absolute Gasteiger partial charge is 0.325 e. The quantitative estimate of drug-likeness (QED) is 0.378. The normalized spacial score (nSPS) is 9.00. The first-order valence-electron chi connectivity index (χ1n) is 2.00. The highest BCUT2D eigenvalue weighted by Crippen LogP contribution is 1.89. The van der Waals surface area contributed by atoms with Gasteiger partial charge in [-0.15, -0.1) is 0 Å². The molecule has 0 amide bonds. The number of carboxylic acids is 2. The maximum absolute atomic E-state index is 9.76. The van der Waals surface area contributed by atoms with E-state index < -0.39 is 17.9 Å². The van der Waals surface area contributed by atoms with Crippen LogP contribution in [-0.2, 0) is 14.4 Å². The molecule has 0 rings (SSSR count). The van der Waals surface area contributed by atoms with Crippen molar-refractivity contribution in [2.45, 2.75) is 0 Å². The van der Waals surface area contributed by atoms with Crippen molar-refractivity contribution in [2.24, 2.45) is 5.92 Å². The summed E-state index contributed by atoms with van der Waals surface area (Å²) < 4.78 is 0. The van der Waals surface area contributed by atoms with Crippen molar-refractivity contribution in [3.8, 4) is 0 Å². The minimum absolute atomic E-state index is 0.134. The van der Waals surface area contributed by atoms with Gasteiger partial charge in [0.25, 0.3) is 0 Å². The van der Waals surface area contributed by atoms with E-state index in [-0.39, 0.29) is 6.29 Å².